The van der Waals surface area contributed by atoms with Crippen LogP contribution in [-0.2, 0) is 21.2 Å². The molecule has 1 aliphatic heterocycles. The van der Waals surface area contributed by atoms with Crippen molar-refractivity contribution in [2.45, 2.75) is 32.9 Å². The first kappa shape index (κ1) is 14.1. The number of hydrogen-bond donors (Lipinski definition) is 0. The fraction of sp³-hybridized carbons (Fsp3) is 0.615. The van der Waals surface area contributed by atoms with E-state index in [0.29, 0.717) is 18.7 Å². The second-order valence-corrected chi connectivity index (χ2v) is 7.49. The Morgan fingerprint density at radius 2 is 2.26 bits per heavy atom. The van der Waals surface area contributed by atoms with E-state index in [4.69, 9.17) is 4.42 Å². The predicted octanol–water partition coefficient (Wildman–Crippen LogP) is 1.45. The highest BCUT2D eigenvalue weighted by atomic mass is 32.2. The second-order valence-electron chi connectivity index (χ2n) is 5.26. The van der Waals surface area contributed by atoms with Crippen molar-refractivity contribution in [2.75, 3.05) is 11.5 Å². The van der Waals surface area contributed by atoms with Crippen molar-refractivity contribution in [3.05, 3.63) is 24.2 Å². The summed E-state index contributed by atoms with van der Waals surface area (Å²) in [5.74, 6) is 0.721. The standard InChI is InChI=1S/C13H19NO4S/c1-10(2)13(15)14(8-12-4-3-6-18-12)11-5-7-19(16,17)9-11/h3-4,6,10-11H,5,7-9H2,1-2H3/t11-/m1/s1. The molecule has 0 aliphatic carbocycles. The van der Waals surface area contributed by atoms with Crippen LogP contribution in [0.2, 0.25) is 0 Å². The minimum Gasteiger partial charge on any atom is -0.467 e. The van der Waals surface area contributed by atoms with Gasteiger partial charge in [-0.05, 0) is 18.6 Å². The molecule has 0 saturated carbocycles. The molecule has 0 aromatic carbocycles. The smallest absolute Gasteiger partial charge is 0.225 e. The molecule has 0 bridgehead atoms. The molecule has 1 aliphatic rings. The Bertz CT molecular complexity index is 533. The first-order chi connectivity index (χ1) is 8.89. The minimum atomic E-state index is -3.00. The molecular formula is C13H19NO4S. The number of hydrogen-bond acceptors (Lipinski definition) is 4. The van der Waals surface area contributed by atoms with Gasteiger partial charge in [0.2, 0.25) is 5.91 Å². The van der Waals surface area contributed by atoms with Gasteiger partial charge in [-0.2, -0.15) is 0 Å². The van der Waals surface area contributed by atoms with E-state index in [9.17, 15) is 13.2 Å². The summed E-state index contributed by atoms with van der Waals surface area (Å²) in [4.78, 5) is 13.9. The largest absolute Gasteiger partial charge is 0.467 e. The van der Waals surface area contributed by atoms with E-state index in [1.165, 1.54) is 0 Å². The number of rotatable bonds is 4. The molecule has 2 rings (SSSR count). The molecule has 1 atom stereocenters. The number of carbonyl (C=O) groups excluding carboxylic acids is 1. The van der Waals surface area contributed by atoms with Gasteiger partial charge in [-0.1, -0.05) is 13.8 Å². The van der Waals surface area contributed by atoms with Gasteiger partial charge >= 0.3 is 0 Å². The molecule has 0 radical (unpaired) electrons. The summed E-state index contributed by atoms with van der Waals surface area (Å²) in [7, 11) is -3.00. The van der Waals surface area contributed by atoms with E-state index >= 15 is 0 Å². The number of furan rings is 1. The highest BCUT2D eigenvalue weighted by Crippen LogP contribution is 2.22. The van der Waals surface area contributed by atoms with Crippen molar-refractivity contribution in [3.8, 4) is 0 Å². The van der Waals surface area contributed by atoms with E-state index in [-0.39, 0.29) is 29.4 Å². The van der Waals surface area contributed by atoms with Crippen LogP contribution in [0, 0.1) is 5.92 Å². The highest BCUT2D eigenvalue weighted by Gasteiger charge is 2.35. The van der Waals surface area contributed by atoms with Crippen LogP contribution >= 0.6 is 0 Å². The zero-order valence-corrected chi connectivity index (χ0v) is 12.0. The van der Waals surface area contributed by atoms with Crippen molar-refractivity contribution in [2.24, 2.45) is 5.92 Å². The monoisotopic (exact) mass is 285 g/mol. The topological polar surface area (TPSA) is 67.6 Å². The Kier molecular flexibility index (Phi) is 3.99. The van der Waals surface area contributed by atoms with Gasteiger partial charge in [0.1, 0.15) is 5.76 Å². The first-order valence-electron chi connectivity index (χ1n) is 6.42. The quantitative estimate of drug-likeness (QED) is 0.839. The molecule has 0 spiro atoms. The summed E-state index contributed by atoms with van der Waals surface area (Å²) in [5, 5.41) is 0. The van der Waals surface area contributed by atoms with Gasteiger partial charge in [-0.25, -0.2) is 8.42 Å². The Labute approximate surface area is 113 Å². The molecular weight excluding hydrogens is 266 g/mol. The van der Waals surface area contributed by atoms with Crippen LogP contribution in [0.25, 0.3) is 0 Å². The van der Waals surface area contributed by atoms with Gasteiger partial charge in [-0.15, -0.1) is 0 Å². The van der Waals surface area contributed by atoms with Gasteiger partial charge in [0.25, 0.3) is 0 Å². The average Bonchev–Trinajstić information content (AvgIpc) is 2.94. The van der Waals surface area contributed by atoms with Crippen molar-refractivity contribution in [3.63, 3.8) is 0 Å². The maximum atomic E-state index is 12.3. The molecule has 6 heteroatoms. The third-order valence-corrected chi connectivity index (χ3v) is 5.08. The van der Waals surface area contributed by atoms with Crippen LogP contribution in [0.5, 0.6) is 0 Å². The molecule has 1 amide bonds. The molecule has 1 saturated heterocycles. The Hall–Kier alpha value is -1.30. The maximum Gasteiger partial charge on any atom is 0.225 e. The summed E-state index contributed by atoms with van der Waals surface area (Å²) in [6.07, 6.45) is 2.07. The van der Waals surface area contributed by atoms with E-state index in [1.54, 1.807) is 23.3 Å². The molecule has 5 nitrogen and oxygen atoms in total. The molecule has 0 unspecified atom stereocenters. The summed E-state index contributed by atoms with van der Waals surface area (Å²) in [6, 6.07) is 3.33. The van der Waals surface area contributed by atoms with E-state index in [1.807, 2.05) is 13.8 Å². The lowest BCUT2D eigenvalue weighted by molar-refractivity contribution is -0.137. The number of amides is 1. The molecule has 1 fully saturated rings. The number of nitrogens with zero attached hydrogens (tertiary/aromatic N) is 1. The van der Waals surface area contributed by atoms with Gasteiger partial charge < -0.3 is 9.32 Å². The van der Waals surface area contributed by atoms with Crippen LogP contribution in [-0.4, -0.2) is 36.8 Å². The first-order valence-corrected chi connectivity index (χ1v) is 8.24. The van der Waals surface area contributed by atoms with Crippen LogP contribution in [0.3, 0.4) is 0 Å². The van der Waals surface area contributed by atoms with Gasteiger partial charge in [0, 0.05) is 12.0 Å². The summed E-state index contributed by atoms with van der Waals surface area (Å²) in [5.41, 5.74) is 0. The van der Waals surface area contributed by atoms with Crippen LogP contribution in [0.4, 0.5) is 0 Å². The van der Waals surface area contributed by atoms with Gasteiger partial charge in [0.05, 0.1) is 24.3 Å². The third-order valence-electron chi connectivity index (χ3n) is 3.33. The van der Waals surface area contributed by atoms with Crippen molar-refractivity contribution in [1.82, 2.24) is 4.90 Å². The van der Waals surface area contributed by atoms with Crippen LogP contribution in [0.15, 0.2) is 22.8 Å². The lowest BCUT2D eigenvalue weighted by atomic mass is 10.1. The molecule has 1 aromatic rings. The van der Waals surface area contributed by atoms with Gasteiger partial charge in [0.15, 0.2) is 9.84 Å². The van der Waals surface area contributed by atoms with Crippen molar-refractivity contribution >= 4 is 15.7 Å². The normalized spacial score (nSPS) is 21.7. The van der Waals surface area contributed by atoms with Crippen molar-refractivity contribution < 1.29 is 17.6 Å². The fourth-order valence-electron chi connectivity index (χ4n) is 2.31. The Morgan fingerprint density at radius 1 is 1.53 bits per heavy atom. The predicted molar refractivity (Wildman–Crippen MR) is 71.2 cm³/mol. The summed E-state index contributed by atoms with van der Waals surface area (Å²) in [6.45, 7) is 3.98. The minimum absolute atomic E-state index is 0.0292. The summed E-state index contributed by atoms with van der Waals surface area (Å²) >= 11 is 0. The van der Waals surface area contributed by atoms with Crippen LogP contribution < -0.4 is 0 Å². The fourth-order valence-corrected chi connectivity index (χ4v) is 4.04. The molecule has 19 heavy (non-hydrogen) atoms. The maximum absolute atomic E-state index is 12.3. The van der Waals surface area contributed by atoms with E-state index in [0.717, 1.165) is 0 Å². The van der Waals surface area contributed by atoms with Crippen LogP contribution in [0.1, 0.15) is 26.0 Å². The van der Waals surface area contributed by atoms with E-state index < -0.39 is 9.84 Å². The SMILES string of the molecule is CC(C)C(=O)N(Cc1ccco1)[C@@H]1CCS(=O)(=O)C1. The van der Waals surface area contributed by atoms with Gasteiger partial charge in [-0.3, -0.25) is 4.79 Å². The average molecular weight is 285 g/mol. The molecule has 106 valence electrons. The number of sulfone groups is 1. The molecule has 0 N–H and O–H groups in total. The van der Waals surface area contributed by atoms with E-state index in [2.05, 4.69) is 0 Å². The highest BCUT2D eigenvalue weighted by molar-refractivity contribution is 7.91. The summed E-state index contributed by atoms with van der Waals surface area (Å²) < 4.78 is 28.4. The molecule has 1 aromatic heterocycles. The Morgan fingerprint density at radius 3 is 2.74 bits per heavy atom. The zero-order valence-electron chi connectivity index (χ0n) is 11.2. The second kappa shape index (κ2) is 5.36. The third kappa shape index (κ3) is 3.37. The number of carbonyl (C=O) groups is 1. The zero-order chi connectivity index (χ0) is 14.0. The lowest BCUT2D eigenvalue weighted by Crippen LogP contribution is -2.42. The lowest BCUT2D eigenvalue weighted by Gasteiger charge is -2.29. The Balaban J connectivity index is 2.17. The molecule has 2 heterocycles. The van der Waals surface area contributed by atoms with Crippen molar-refractivity contribution in [1.29, 1.82) is 0 Å².